The molecule has 0 aliphatic carbocycles. The molecule has 5 nitrogen and oxygen atoms in total. The summed E-state index contributed by atoms with van der Waals surface area (Å²) in [6.45, 7) is 3.45. The van der Waals surface area contributed by atoms with Gasteiger partial charge in [0, 0.05) is 44.6 Å². The average Bonchev–Trinajstić information content (AvgIpc) is 2.68. The number of carbonyl (C=O) groups excluding carboxylic acids is 2. The van der Waals surface area contributed by atoms with E-state index in [1.807, 2.05) is 48.2 Å². The van der Waals surface area contributed by atoms with Gasteiger partial charge < -0.3 is 9.80 Å². The number of nitrogens with zero attached hydrogens (tertiary/aromatic N) is 3. The number of aromatic nitrogens is 1. The molecule has 2 aromatic rings. The van der Waals surface area contributed by atoms with Gasteiger partial charge >= 0.3 is 0 Å². The fourth-order valence-electron chi connectivity index (χ4n) is 3.60. The summed E-state index contributed by atoms with van der Waals surface area (Å²) in [4.78, 5) is 32.4. The molecule has 0 bridgehead atoms. The number of likely N-dealkylation sites (tertiary alicyclic amines) is 1. The van der Waals surface area contributed by atoms with Crippen LogP contribution in [0, 0.1) is 12.8 Å². The quantitative estimate of drug-likeness (QED) is 0.836. The van der Waals surface area contributed by atoms with Gasteiger partial charge in [0.05, 0.1) is 5.56 Å². The van der Waals surface area contributed by atoms with Crippen LogP contribution in [-0.2, 0) is 6.42 Å². The van der Waals surface area contributed by atoms with Crippen LogP contribution >= 0.6 is 0 Å². The Hall–Kier alpha value is -2.69. The van der Waals surface area contributed by atoms with Crippen LogP contribution in [0.25, 0.3) is 0 Å². The molecule has 2 amide bonds. The molecule has 0 unspecified atom stereocenters. The lowest BCUT2D eigenvalue weighted by molar-refractivity contribution is 0.0689. The molecule has 0 atom stereocenters. The number of benzene rings is 1. The van der Waals surface area contributed by atoms with Crippen molar-refractivity contribution in [1.82, 2.24) is 14.8 Å². The first-order chi connectivity index (χ1) is 13.0. The second kappa shape index (κ2) is 8.33. The van der Waals surface area contributed by atoms with E-state index in [2.05, 4.69) is 4.98 Å². The summed E-state index contributed by atoms with van der Waals surface area (Å²) < 4.78 is 0. The molecule has 27 heavy (non-hydrogen) atoms. The molecule has 0 spiro atoms. The highest BCUT2D eigenvalue weighted by Gasteiger charge is 2.24. The van der Waals surface area contributed by atoms with Gasteiger partial charge in [-0.25, -0.2) is 0 Å². The molecule has 0 N–H and O–H groups in total. The molecule has 3 rings (SSSR count). The van der Waals surface area contributed by atoms with E-state index in [1.54, 1.807) is 25.2 Å². The van der Waals surface area contributed by atoms with Gasteiger partial charge in [-0.1, -0.05) is 12.1 Å². The highest BCUT2D eigenvalue weighted by atomic mass is 16.2. The zero-order valence-corrected chi connectivity index (χ0v) is 16.3. The van der Waals surface area contributed by atoms with Crippen molar-refractivity contribution >= 4 is 11.8 Å². The summed E-state index contributed by atoms with van der Waals surface area (Å²) in [7, 11) is 3.52. The Morgan fingerprint density at radius 3 is 2.37 bits per heavy atom. The second-order valence-corrected chi connectivity index (χ2v) is 7.47. The SMILES string of the molecule is Cc1ncccc1C(=O)N1CCC(Cc2ccc(C(=O)N(C)C)cc2)CC1. The molecule has 1 aliphatic rings. The van der Waals surface area contributed by atoms with Gasteiger partial charge in [-0.15, -0.1) is 0 Å². The molecule has 2 heterocycles. The third-order valence-electron chi connectivity index (χ3n) is 5.27. The van der Waals surface area contributed by atoms with Crippen molar-refractivity contribution < 1.29 is 9.59 Å². The predicted octanol–water partition coefficient (Wildman–Crippen LogP) is 3.19. The Bertz CT molecular complexity index is 807. The highest BCUT2D eigenvalue weighted by molar-refractivity contribution is 5.95. The van der Waals surface area contributed by atoms with Crippen LogP contribution in [-0.4, -0.2) is 53.8 Å². The summed E-state index contributed by atoms with van der Waals surface area (Å²) in [5.74, 6) is 0.684. The first kappa shape index (κ1) is 19.1. The standard InChI is InChI=1S/C22H27N3O2/c1-16-20(5-4-12-23-16)22(27)25-13-10-18(11-14-25)15-17-6-8-19(9-7-17)21(26)24(2)3/h4-9,12,18H,10-11,13-15H2,1-3H3. The van der Waals surface area contributed by atoms with Gasteiger partial charge in [-0.2, -0.15) is 0 Å². The van der Waals surface area contributed by atoms with Gasteiger partial charge in [0.15, 0.2) is 0 Å². The number of carbonyl (C=O) groups is 2. The molecule has 1 aliphatic heterocycles. The van der Waals surface area contributed by atoms with Crippen molar-refractivity contribution in [2.75, 3.05) is 27.2 Å². The molecule has 1 saturated heterocycles. The summed E-state index contributed by atoms with van der Waals surface area (Å²) >= 11 is 0. The van der Waals surface area contributed by atoms with Gasteiger partial charge in [-0.3, -0.25) is 14.6 Å². The second-order valence-electron chi connectivity index (χ2n) is 7.47. The minimum Gasteiger partial charge on any atom is -0.345 e. The molecule has 5 heteroatoms. The number of amides is 2. The van der Waals surface area contributed by atoms with Crippen molar-refractivity contribution in [3.63, 3.8) is 0 Å². The van der Waals surface area contributed by atoms with E-state index in [-0.39, 0.29) is 11.8 Å². The maximum absolute atomic E-state index is 12.7. The van der Waals surface area contributed by atoms with Gasteiger partial charge in [0.2, 0.25) is 0 Å². The van der Waals surface area contributed by atoms with E-state index >= 15 is 0 Å². The zero-order chi connectivity index (χ0) is 19.4. The van der Waals surface area contributed by atoms with E-state index in [4.69, 9.17) is 0 Å². The fraction of sp³-hybridized carbons (Fsp3) is 0.409. The van der Waals surface area contributed by atoms with E-state index in [0.29, 0.717) is 11.5 Å². The lowest BCUT2D eigenvalue weighted by Crippen LogP contribution is -2.39. The van der Waals surface area contributed by atoms with Crippen molar-refractivity contribution in [2.24, 2.45) is 5.92 Å². The van der Waals surface area contributed by atoms with Crippen LogP contribution in [0.4, 0.5) is 0 Å². The Balaban J connectivity index is 1.54. The normalized spacial score (nSPS) is 14.9. The van der Waals surface area contributed by atoms with Crippen molar-refractivity contribution in [2.45, 2.75) is 26.2 Å². The molecule has 1 aromatic heterocycles. The van der Waals surface area contributed by atoms with E-state index in [0.717, 1.165) is 43.6 Å². The van der Waals surface area contributed by atoms with Crippen LogP contribution in [0.15, 0.2) is 42.6 Å². The maximum Gasteiger partial charge on any atom is 0.255 e. The van der Waals surface area contributed by atoms with E-state index in [1.165, 1.54) is 5.56 Å². The molecular weight excluding hydrogens is 338 g/mol. The molecular formula is C22H27N3O2. The lowest BCUT2D eigenvalue weighted by atomic mass is 9.89. The first-order valence-electron chi connectivity index (χ1n) is 9.47. The monoisotopic (exact) mass is 365 g/mol. The number of aryl methyl sites for hydroxylation is 1. The van der Waals surface area contributed by atoms with Crippen LogP contribution in [0.1, 0.15) is 44.8 Å². The third kappa shape index (κ3) is 4.54. The van der Waals surface area contributed by atoms with Crippen molar-refractivity contribution in [1.29, 1.82) is 0 Å². The van der Waals surface area contributed by atoms with Crippen LogP contribution in [0.5, 0.6) is 0 Å². The molecule has 0 saturated carbocycles. The average molecular weight is 365 g/mol. The molecule has 142 valence electrons. The number of hydrogen-bond donors (Lipinski definition) is 0. The predicted molar refractivity (Wildman–Crippen MR) is 106 cm³/mol. The van der Waals surface area contributed by atoms with Crippen molar-refractivity contribution in [3.8, 4) is 0 Å². The summed E-state index contributed by atoms with van der Waals surface area (Å²) in [6, 6.07) is 11.6. The van der Waals surface area contributed by atoms with E-state index in [9.17, 15) is 9.59 Å². The third-order valence-corrected chi connectivity index (χ3v) is 5.27. The maximum atomic E-state index is 12.7. The van der Waals surface area contributed by atoms with Gasteiger partial charge in [-0.05, 0) is 61.9 Å². The minimum absolute atomic E-state index is 0.0269. The highest BCUT2D eigenvalue weighted by Crippen LogP contribution is 2.23. The van der Waals surface area contributed by atoms with E-state index < -0.39 is 0 Å². The Morgan fingerprint density at radius 1 is 1.11 bits per heavy atom. The number of hydrogen-bond acceptors (Lipinski definition) is 3. The largest absolute Gasteiger partial charge is 0.345 e. The van der Waals surface area contributed by atoms with Crippen LogP contribution in [0.3, 0.4) is 0 Å². The Morgan fingerprint density at radius 2 is 1.78 bits per heavy atom. The topological polar surface area (TPSA) is 53.5 Å². The smallest absolute Gasteiger partial charge is 0.255 e. The molecule has 0 radical (unpaired) electrons. The molecule has 1 fully saturated rings. The fourth-order valence-corrected chi connectivity index (χ4v) is 3.60. The summed E-state index contributed by atoms with van der Waals surface area (Å²) in [6.07, 6.45) is 4.72. The van der Waals surface area contributed by atoms with Crippen LogP contribution in [0.2, 0.25) is 0 Å². The Labute approximate surface area is 161 Å². The Kier molecular flexibility index (Phi) is 5.89. The summed E-state index contributed by atoms with van der Waals surface area (Å²) in [5, 5.41) is 0. The van der Waals surface area contributed by atoms with Crippen molar-refractivity contribution in [3.05, 3.63) is 65.0 Å². The number of pyridine rings is 1. The summed E-state index contributed by atoms with van der Waals surface area (Å²) in [5.41, 5.74) is 3.46. The van der Waals surface area contributed by atoms with Crippen LogP contribution < -0.4 is 0 Å². The minimum atomic E-state index is 0.0269. The number of rotatable bonds is 4. The number of piperidine rings is 1. The van der Waals surface area contributed by atoms with Gasteiger partial charge in [0.25, 0.3) is 11.8 Å². The van der Waals surface area contributed by atoms with Gasteiger partial charge in [0.1, 0.15) is 0 Å². The molecule has 1 aromatic carbocycles. The zero-order valence-electron chi connectivity index (χ0n) is 16.3. The first-order valence-corrected chi connectivity index (χ1v) is 9.47. The lowest BCUT2D eigenvalue weighted by Gasteiger charge is -2.32.